The maximum absolute atomic E-state index is 12.7. The zero-order valence-electron chi connectivity index (χ0n) is 17.7. The van der Waals surface area contributed by atoms with Gasteiger partial charge in [0, 0.05) is 17.8 Å². The van der Waals surface area contributed by atoms with Crippen molar-refractivity contribution >= 4 is 27.0 Å². The summed E-state index contributed by atoms with van der Waals surface area (Å²) in [6, 6.07) is 6.54. The standard InChI is InChI=1S/C22H28N4O4S/c1-22(2)19(27)15-12-14(8-9-17(15)31(22,29)30)26-20(23)18-16(10-11-24-21(18)28)25-13-6-4-3-5-7-13/h8-13,19,27H,3-7H2,1-2H3,(H2,23,26)(H2,24,25,28). The Morgan fingerprint density at radius 3 is 2.65 bits per heavy atom. The second-order valence-corrected chi connectivity index (χ2v) is 11.3. The van der Waals surface area contributed by atoms with Crippen LogP contribution in [0.5, 0.6) is 0 Å². The highest BCUT2D eigenvalue weighted by molar-refractivity contribution is 7.93. The Bertz CT molecular complexity index is 1190. The first-order valence-corrected chi connectivity index (χ1v) is 12.0. The molecule has 1 fully saturated rings. The van der Waals surface area contributed by atoms with Gasteiger partial charge in [-0.3, -0.25) is 4.79 Å². The molecule has 1 atom stereocenters. The van der Waals surface area contributed by atoms with E-state index in [2.05, 4.69) is 15.3 Å². The van der Waals surface area contributed by atoms with Gasteiger partial charge in [0.15, 0.2) is 9.84 Å². The molecule has 1 aliphatic heterocycles. The van der Waals surface area contributed by atoms with E-state index in [0.717, 1.165) is 25.7 Å². The highest BCUT2D eigenvalue weighted by Gasteiger charge is 2.51. The number of aliphatic hydroxyl groups excluding tert-OH is 1. The predicted molar refractivity (Wildman–Crippen MR) is 121 cm³/mol. The van der Waals surface area contributed by atoms with E-state index in [-0.39, 0.29) is 27.9 Å². The summed E-state index contributed by atoms with van der Waals surface area (Å²) in [6.45, 7) is 2.99. The fourth-order valence-electron chi connectivity index (χ4n) is 4.38. The first-order chi connectivity index (χ1) is 14.6. The molecule has 2 heterocycles. The Morgan fingerprint density at radius 2 is 1.94 bits per heavy atom. The van der Waals surface area contributed by atoms with E-state index in [1.165, 1.54) is 38.5 Å². The Hall–Kier alpha value is -2.65. The molecule has 1 unspecified atom stereocenters. The normalized spacial score (nSPS) is 22.8. The minimum Gasteiger partial charge on any atom is -0.387 e. The van der Waals surface area contributed by atoms with Crippen LogP contribution in [-0.2, 0) is 9.84 Å². The third-order valence-electron chi connectivity index (χ3n) is 6.36. The smallest absolute Gasteiger partial charge is 0.261 e. The number of benzene rings is 1. The number of pyridine rings is 1. The van der Waals surface area contributed by atoms with Crippen molar-refractivity contribution in [2.75, 3.05) is 5.32 Å². The van der Waals surface area contributed by atoms with Crippen LogP contribution in [0.3, 0.4) is 0 Å². The number of amidine groups is 1. The van der Waals surface area contributed by atoms with Crippen molar-refractivity contribution in [3.63, 3.8) is 0 Å². The van der Waals surface area contributed by atoms with Crippen LogP contribution in [0, 0.1) is 0 Å². The number of anilines is 1. The van der Waals surface area contributed by atoms with Crippen LogP contribution in [0.2, 0.25) is 0 Å². The largest absolute Gasteiger partial charge is 0.387 e. The number of aliphatic hydroxyl groups is 1. The maximum atomic E-state index is 12.7. The lowest BCUT2D eigenvalue weighted by Crippen LogP contribution is -2.32. The number of hydrogen-bond acceptors (Lipinski definition) is 6. The molecule has 2 aromatic rings. The van der Waals surface area contributed by atoms with E-state index in [9.17, 15) is 18.3 Å². The lowest BCUT2D eigenvalue weighted by atomic mass is 9.95. The van der Waals surface area contributed by atoms with E-state index < -0.39 is 20.7 Å². The van der Waals surface area contributed by atoms with Crippen molar-refractivity contribution in [2.45, 2.75) is 67.7 Å². The lowest BCUT2D eigenvalue weighted by Gasteiger charge is -2.24. The first kappa shape index (κ1) is 21.6. The first-order valence-electron chi connectivity index (χ1n) is 10.5. The molecule has 0 amide bonds. The summed E-state index contributed by atoms with van der Waals surface area (Å²) in [5.74, 6) is 0.0229. The summed E-state index contributed by atoms with van der Waals surface area (Å²) in [5, 5.41) is 14.0. The SMILES string of the molecule is CC1(C)C(O)c2cc(N=C(N)c3c(NC4CCCCC4)cc[nH]c3=O)ccc2S1(=O)=O. The van der Waals surface area contributed by atoms with Gasteiger partial charge in [0.05, 0.1) is 22.4 Å². The average molecular weight is 445 g/mol. The third kappa shape index (κ3) is 3.65. The number of H-pyrrole nitrogens is 1. The summed E-state index contributed by atoms with van der Waals surface area (Å²) in [5.41, 5.74) is 7.42. The van der Waals surface area contributed by atoms with Gasteiger partial charge in [-0.1, -0.05) is 19.3 Å². The van der Waals surface area contributed by atoms with Crippen LogP contribution >= 0.6 is 0 Å². The van der Waals surface area contributed by atoms with Gasteiger partial charge in [0.2, 0.25) is 0 Å². The van der Waals surface area contributed by atoms with Gasteiger partial charge < -0.3 is 21.1 Å². The van der Waals surface area contributed by atoms with Crippen LogP contribution in [0.15, 0.2) is 45.1 Å². The van der Waals surface area contributed by atoms with Gasteiger partial charge >= 0.3 is 0 Å². The van der Waals surface area contributed by atoms with Crippen molar-refractivity contribution in [1.29, 1.82) is 0 Å². The van der Waals surface area contributed by atoms with Crippen molar-refractivity contribution in [2.24, 2.45) is 10.7 Å². The van der Waals surface area contributed by atoms with Crippen LogP contribution < -0.4 is 16.6 Å². The fourth-order valence-corrected chi connectivity index (χ4v) is 6.10. The molecule has 1 aromatic carbocycles. The monoisotopic (exact) mass is 444 g/mol. The van der Waals surface area contributed by atoms with Gasteiger partial charge in [-0.25, -0.2) is 13.4 Å². The Labute approximate surface area is 181 Å². The van der Waals surface area contributed by atoms with Gasteiger partial charge in [0.1, 0.15) is 16.1 Å². The van der Waals surface area contributed by atoms with Gasteiger partial charge in [-0.15, -0.1) is 0 Å². The lowest BCUT2D eigenvalue weighted by molar-refractivity contribution is 0.144. The number of hydrogen-bond donors (Lipinski definition) is 4. The molecule has 5 N–H and O–H groups in total. The molecule has 2 aliphatic rings. The van der Waals surface area contributed by atoms with E-state index in [1.54, 1.807) is 12.3 Å². The molecule has 0 radical (unpaired) electrons. The van der Waals surface area contributed by atoms with E-state index in [1.807, 2.05) is 0 Å². The molecule has 4 rings (SSSR count). The van der Waals surface area contributed by atoms with Crippen molar-refractivity contribution in [3.8, 4) is 0 Å². The summed E-state index contributed by atoms with van der Waals surface area (Å²) in [7, 11) is -3.66. The van der Waals surface area contributed by atoms with E-state index >= 15 is 0 Å². The molecule has 31 heavy (non-hydrogen) atoms. The number of rotatable bonds is 4. The molecule has 9 heteroatoms. The Balaban J connectivity index is 1.70. The van der Waals surface area contributed by atoms with Crippen molar-refractivity contribution < 1.29 is 13.5 Å². The molecule has 1 aromatic heterocycles. The average Bonchev–Trinajstić information content (AvgIpc) is 2.86. The minimum absolute atomic E-state index is 0.0229. The highest BCUT2D eigenvalue weighted by Crippen LogP contribution is 2.47. The second kappa shape index (κ2) is 7.80. The molecular formula is C22H28N4O4S. The highest BCUT2D eigenvalue weighted by atomic mass is 32.2. The topological polar surface area (TPSA) is 138 Å². The number of nitrogens with two attached hydrogens (primary N) is 1. The maximum Gasteiger partial charge on any atom is 0.261 e. The van der Waals surface area contributed by atoms with Crippen molar-refractivity contribution in [3.05, 3.63) is 51.9 Å². The van der Waals surface area contributed by atoms with E-state index in [0.29, 0.717) is 16.9 Å². The molecule has 0 saturated heterocycles. The van der Waals surface area contributed by atoms with E-state index in [4.69, 9.17) is 5.73 Å². The molecule has 0 bridgehead atoms. The predicted octanol–water partition coefficient (Wildman–Crippen LogP) is 2.76. The molecule has 1 saturated carbocycles. The van der Waals surface area contributed by atoms with Crippen LogP contribution in [0.25, 0.3) is 0 Å². The molecule has 8 nitrogen and oxygen atoms in total. The third-order valence-corrected chi connectivity index (χ3v) is 8.92. The van der Waals surface area contributed by atoms with Gasteiger partial charge in [-0.05, 0) is 51.0 Å². The molecule has 0 spiro atoms. The molecular weight excluding hydrogens is 416 g/mol. The minimum atomic E-state index is -3.66. The number of aromatic amines is 1. The summed E-state index contributed by atoms with van der Waals surface area (Å²) < 4.78 is 24.0. The summed E-state index contributed by atoms with van der Waals surface area (Å²) in [6.07, 6.45) is 6.00. The van der Waals surface area contributed by atoms with Gasteiger partial charge in [0.25, 0.3) is 5.56 Å². The van der Waals surface area contributed by atoms with Crippen molar-refractivity contribution in [1.82, 2.24) is 4.98 Å². The van der Waals surface area contributed by atoms with Crippen LogP contribution in [-0.4, -0.2) is 35.1 Å². The van der Waals surface area contributed by atoms with Gasteiger partial charge in [-0.2, -0.15) is 0 Å². The number of aliphatic imine (C=N–C) groups is 1. The number of aromatic nitrogens is 1. The zero-order chi connectivity index (χ0) is 22.4. The number of nitrogens with one attached hydrogen (secondary N) is 2. The second-order valence-electron chi connectivity index (χ2n) is 8.80. The number of nitrogens with zero attached hydrogens (tertiary/aromatic N) is 1. The number of sulfone groups is 1. The fraction of sp³-hybridized carbons (Fsp3) is 0.455. The summed E-state index contributed by atoms with van der Waals surface area (Å²) in [4.78, 5) is 19.7. The Kier molecular flexibility index (Phi) is 5.43. The number of fused-ring (bicyclic) bond motifs is 1. The molecule has 166 valence electrons. The molecule has 1 aliphatic carbocycles. The van der Waals surface area contributed by atoms with Crippen LogP contribution in [0.1, 0.15) is 63.2 Å². The Morgan fingerprint density at radius 1 is 1.23 bits per heavy atom. The quantitative estimate of drug-likeness (QED) is 0.423. The zero-order valence-corrected chi connectivity index (χ0v) is 18.5. The summed E-state index contributed by atoms with van der Waals surface area (Å²) >= 11 is 0. The van der Waals surface area contributed by atoms with Crippen LogP contribution in [0.4, 0.5) is 11.4 Å².